The molecule has 3 rings (SSSR count). The van der Waals surface area contributed by atoms with Gasteiger partial charge in [-0.15, -0.1) is 0 Å². The molecule has 0 unspecified atom stereocenters. The van der Waals surface area contributed by atoms with Crippen LogP contribution in [0.25, 0.3) is 11.5 Å². The predicted molar refractivity (Wildman–Crippen MR) is 130 cm³/mol. The number of nitrogens with two attached hydrogens (primary N) is 1. The minimum absolute atomic E-state index is 0.118. The summed E-state index contributed by atoms with van der Waals surface area (Å²) in [5.41, 5.74) is 6.08. The molecule has 0 aliphatic heterocycles. The number of carbonyl (C=O) groups is 2. The molecule has 10 nitrogen and oxygen atoms in total. The first-order valence-corrected chi connectivity index (χ1v) is 11.3. The lowest BCUT2D eigenvalue weighted by atomic mass is 10.2. The van der Waals surface area contributed by atoms with Gasteiger partial charge in [-0.1, -0.05) is 12.1 Å². The first-order chi connectivity index (χ1) is 16.6. The molecule has 2 heterocycles. The predicted octanol–water partition coefficient (Wildman–Crippen LogP) is 5.01. The molecule has 1 amide bonds. The maximum atomic E-state index is 13.0. The summed E-state index contributed by atoms with van der Waals surface area (Å²) >= 11 is 0. The van der Waals surface area contributed by atoms with E-state index in [1.165, 1.54) is 11.1 Å². The smallest absolute Gasteiger partial charge is 0.416 e. The standard InChI is InChI=1S/C25H30N4O6/c1-25(2,3)35-24(32)29(13-7-4-8-14-33-20-10-6-5-9-18(20)26)21-15-17(11-12-27-21)22-28-19(16-34-22)23(30)31/h5-6,9-12,15-16H,4,7-8,13-14,26H2,1-3H3,(H,30,31). The van der Waals surface area contributed by atoms with Gasteiger partial charge in [0.1, 0.15) is 23.4 Å². The van der Waals surface area contributed by atoms with Crippen molar-refractivity contribution in [3.63, 3.8) is 0 Å². The third kappa shape index (κ3) is 7.46. The van der Waals surface area contributed by atoms with Gasteiger partial charge in [-0.2, -0.15) is 0 Å². The molecule has 0 saturated carbocycles. The fourth-order valence-corrected chi connectivity index (χ4v) is 3.16. The second-order valence-electron chi connectivity index (χ2n) is 8.82. The fourth-order valence-electron chi connectivity index (χ4n) is 3.16. The van der Waals surface area contributed by atoms with E-state index in [9.17, 15) is 9.59 Å². The number of pyridine rings is 1. The van der Waals surface area contributed by atoms with E-state index in [-0.39, 0.29) is 11.6 Å². The molecule has 186 valence electrons. The van der Waals surface area contributed by atoms with Crippen LogP contribution in [0.3, 0.4) is 0 Å². The van der Waals surface area contributed by atoms with E-state index in [1.807, 2.05) is 18.2 Å². The molecule has 0 saturated heterocycles. The zero-order chi connectivity index (χ0) is 25.4. The van der Waals surface area contributed by atoms with E-state index in [0.717, 1.165) is 19.1 Å². The zero-order valence-corrected chi connectivity index (χ0v) is 20.1. The molecule has 0 atom stereocenters. The molecule has 35 heavy (non-hydrogen) atoms. The van der Waals surface area contributed by atoms with Crippen molar-refractivity contribution in [2.24, 2.45) is 0 Å². The van der Waals surface area contributed by atoms with Crippen LogP contribution in [0.15, 0.2) is 53.3 Å². The van der Waals surface area contributed by atoms with E-state index >= 15 is 0 Å². The van der Waals surface area contributed by atoms with Crippen LogP contribution >= 0.6 is 0 Å². The lowest BCUT2D eigenvalue weighted by Crippen LogP contribution is -2.38. The van der Waals surface area contributed by atoms with Gasteiger partial charge in [0.15, 0.2) is 5.69 Å². The third-order valence-corrected chi connectivity index (χ3v) is 4.81. The van der Waals surface area contributed by atoms with Gasteiger partial charge in [0, 0.05) is 18.3 Å². The topological polar surface area (TPSA) is 141 Å². The lowest BCUT2D eigenvalue weighted by Gasteiger charge is -2.27. The molecular weight excluding hydrogens is 452 g/mol. The summed E-state index contributed by atoms with van der Waals surface area (Å²) in [5.74, 6) is -0.0715. The average molecular weight is 483 g/mol. The minimum Gasteiger partial charge on any atom is -0.491 e. The Bertz CT molecular complexity index is 1150. The van der Waals surface area contributed by atoms with Crippen molar-refractivity contribution in [2.75, 3.05) is 23.8 Å². The normalized spacial score (nSPS) is 11.2. The maximum Gasteiger partial charge on any atom is 0.416 e. The monoisotopic (exact) mass is 482 g/mol. The Kier molecular flexibility index (Phi) is 8.30. The van der Waals surface area contributed by atoms with Crippen molar-refractivity contribution in [1.29, 1.82) is 0 Å². The molecule has 0 fully saturated rings. The van der Waals surface area contributed by atoms with Crippen LogP contribution in [0.2, 0.25) is 0 Å². The molecule has 0 bridgehead atoms. The van der Waals surface area contributed by atoms with Crippen LogP contribution in [-0.2, 0) is 4.74 Å². The summed E-state index contributed by atoms with van der Waals surface area (Å²) in [5, 5.41) is 9.09. The van der Waals surface area contributed by atoms with E-state index in [1.54, 1.807) is 39.0 Å². The molecule has 0 spiro atoms. The Hall–Kier alpha value is -4.08. The number of para-hydroxylation sites is 2. The van der Waals surface area contributed by atoms with E-state index in [0.29, 0.717) is 42.4 Å². The number of hydrogen-bond donors (Lipinski definition) is 2. The largest absolute Gasteiger partial charge is 0.491 e. The average Bonchev–Trinajstić information content (AvgIpc) is 3.29. The lowest BCUT2D eigenvalue weighted by molar-refractivity contribution is 0.0577. The van der Waals surface area contributed by atoms with Crippen molar-refractivity contribution in [3.05, 3.63) is 54.6 Å². The first kappa shape index (κ1) is 25.5. The second kappa shape index (κ2) is 11.4. The number of amides is 1. The van der Waals surface area contributed by atoms with Crippen LogP contribution in [0, 0.1) is 0 Å². The summed E-state index contributed by atoms with van der Waals surface area (Å²) in [7, 11) is 0. The van der Waals surface area contributed by atoms with Crippen LogP contribution in [0.1, 0.15) is 50.5 Å². The Labute approximate surface area is 203 Å². The molecule has 0 radical (unpaired) electrons. The van der Waals surface area contributed by atoms with E-state index < -0.39 is 17.7 Å². The SMILES string of the molecule is CC(C)(C)OC(=O)N(CCCCCOc1ccccc1N)c1cc(-c2nc(C(=O)O)co2)ccn1. The molecule has 10 heteroatoms. The van der Waals surface area contributed by atoms with Crippen LogP contribution in [0.4, 0.5) is 16.3 Å². The number of benzene rings is 1. The number of nitrogen functional groups attached to an aromatic ring is 1. The number of carboxylic acid groups (broad SMARTS) is 1. The number of carbonyl (C=O) groups excluding carboxylic acids is 1. The number of aromatic carboxylic acids is 1. The summed E-state index contributed by atoms with van der Waals surface area (Å²) < 4.78 is 16.6. The number of ether oxygens (including phenoxy) is 2. The highest BCUT2D eigenvalue weighted by atomic mass is 16.6. The van der Waals surface area contributed by atoms with Gasteiger partial charge in [-0.05, 0) is 64.3 Å². The number of carboxylic acids is 1. The van der Waals surface area contributed by atoms with Crippen molar-refractivity contribution in [1.82, 2.24) is 9.97 Å². The number of aromatic nitrogens is 2. The molecular formula is C25H30N4O6. The highest BCUT2D eigenvalue weighted by Crippen LogP contribution is 2.25. The second-order valence-corrected chi connectivity index (χ2v) is 8.82. The highest BCUT2D eigenvalue weighted by Gasteiger charge is 2.25. The van der Waals surface area contributed by atoms with Gasteiger partial charge < -0.3 is 24.7 Å². The summed E-state index contributed by atoms with van der Waals surface area (Å²) in [4.78, 5) is 33.8. The van der Waals surface area contributed by atoms with Crippen LogP contribution < -0.4 is 15.4 Å². The minimum atomic E-state index is -1.19. The Morgan fingerprint density at radius 3 is 2.60 bits per heavy atom. The molecule has 1 aromatic carbocycles. The highest BCUT2D eigenvalue weighted by molar-refractivity contribution is 5.88. The number of unbranched alkanes of at least 4 members (excludes halogenated alkanes) is 2. The van der Waals surface area contributed by atoms with Crippen LogP contribution in [-0.4, -0.2) is 45.9 Å². The van der Waals surface area contributed by atoms with Crippen molar-refractivity contribution in [2.45, 2.75) is 45.6 Å². The van der Waals surface area contributed by atoms with E-state index in [2.05, 4.69) is 9.97 Å². The molecule has 3 N–H and O–H groups in total. The van der Waals surface area contributed by atoms with Crippen molar-refractivity contribution in [3.8, 4) is 17.2 Å². The fraction of sp³-hybridized carbons (Fsp3) is 0.360. The maximum absolute atomic E-state index is 13.0. The number of hydrogen-bond acceptors (Lipinski definition) is 8. The van der Waals surface area contributed by atoms with Crippen molar-refractivity contribution < 1.29 is 28.6 Å². The van der Waals surface area contributed by atoms with Gasteiger partial charge >= 0.3 is 12.1 Å². The number of nitrogens with zero attached hydrogens (tertiary/aromatic N) is 3. The van der Waals surface area contributed by atoms with Gasteiger partial charge in [-0.3, -0.25) is 4.90 Å². The van der Waals surface area contributed by atoms with Gasteiger partial charge in [0.25, 0.3) is 0 Å². The molecule has 3 aromatic rings. The third-order valence-electron chi connectivity index (χ3n) is 4.81. The van der Waals surface area contributed by atoms with Gasteiger partial charge in [-0.25, -0.2) is 19.6 Å². The van der Waals surface area contributed by atoms with Crippen LogP contribution in [0.5, 0.6) is 5.75 Å². The molecule has 0 aliphatic rings. The van der Waals surface area contributed by atoms with Gasteiger partial charge in [0.2, 0.25) is 5.89 Å². The number of rotatable bonds is 10. The summed E-state index contributed by atoms with van der Waals surface area (Å²) in [6, 6.07) is 10.6. The summed E-state index contributed by atoms with van der Waals surface area (Å²) in [6.07, 6.45) is 4.29. The Balaban J connectivity index is 1.66. The Morgan fingerprint density at radius 1 is 1.14 bits per heavy atom. The Morgan fingerprint density at radius 2 is 1.91 bits per heavy atom. The van der Waals surface area contributed by atoms with Gasteiger partial charge in [0.05, 0.1) is 12.3 Å². The summed E-state index contributed by atoms with van der Waals surface area (Å²) in [6.45, 7) is 6.24. The number of anilines is 2. The molecule has 0 aliphatic carbocycles. The first-order valence-electron chi connectivity index (χ1n) is 11.3. The molecule has 2 aromatic heterocycles. The zero-order valence-electron chi connectivity index (χ0n) is 20.1. The van der Waals surface area contributed by atoms with E-state index in [4.69, 9.17) is 24.7 Å². The quantitative estimate of drug-likeness (QED) is 0.301. The number of oxazole rings is 1. The van der Waals surface area contributed by atoms with Crippen molar-refractivity contribution >= 4 is 23.6 Å².